The maximum atomic E-state index is 11.7. The number of rotatable bonds is 3. The second kappa shape index (κ2) is 6.21. The normalized spacial score (nSPS) is 15.9. The molecule has 0 bridgehead atoms. The first-order valence-corrected chi connectivity index (χ1v) is 7.64. The number of nitrogens with one attached hydrogen (secondary N) is 1. The molecule has 0 aromatic heterocycles. The van der Waals surface area contributed by atoms with Crippen LogP contribution in [0.15, 0.2) is 53.4 Å². The number of thioether (sulfide) groups is 1. The van der Waals surface area contributed by atoms with Gasteiger partial charge >= 0.3 is 0 Å². The molecule has 1 aliphatic heterocycles. The molecular formula is C16H11NO3S2. The van der Waals surface area contributed by atoms with Crippen LogP contribution >= 0.6 is 24.0 Å². The van der Waals surface area contributed by atoms with Gasteiger partial charge in [-0.1, -0.05) is 42.2 Å². The van der Waals surface area contributed by atoms with E-state index in [2.05, 4.69) is 5.32 Å². The molecule has 1 amide bonds. The molecule has 0 radical (unpaired) electrons. The molecule has 2 aromatic carbocycles. The first-order valence-electron chi connectivity index (χ1n) is 6.42. The van der Waals surface area contributed by atoms with Gasteiger partial charge in [-0.25, -0.2) is 0 Å². The first-order chi connectivity index (χ1) is 10.6. The molecule has 0 atom stereocenters. The predicted octanol–water partition coefficient (Wildman–Crippen LogP) is 3.67. The van der Waals surface area contributed by atoms with Gasteiger partial charge in [0, 0.05) is 6.07 Å². The SMILES string of the molecule is O=C1NC(=S)S/C1=C\c1cccc(Oc2cccc(O)c2)c1. The Labute approximate surface area is 136 Å². The quantitative estimate of drug-likeness (QED) is 0.664. The Morgan fingerprint density at radius 1 is 1.14 bits per heavy atom. The van der Waals surface area contributed by atoms with E-state index in [-0.39, 0.29) is 11.7 Å². The highest BCUT2D eigenvalue weighted by molar-refractivity contribution is 8.26. The van der Waals surface area contributed by atoms with Crippen LogP contribution in [-0.4, -0.2) is 15.3 Å². The Bertz CT molecular complexity index is 786. The summed E-state index contributed by atoms with van der Waals surface area (Å²) in [7, 11) is 0. The van der Waals surface area contributed by atoms with Gasteiger partial charge in [0.15, 0.2) is 0 Å². The van der Waals surface area contributed by atoms with E-state index in [0.29, 0.717) is 20.7 Å². The third-order valence-electron chi connectivity index (χ3n) is 2.85. The summed E-state index contributed by atoms with van der Waals surface area (Å²) in [5.41, 5.74) is 0.833. The minimum absolute atomic E-state index is 0.142. The summed E-state index contributed by atoms with van der Waals surface area (Å²) < 4.78 is 6.15. The van der Waals surface area contributed by atoms with Crippen molar-refractivity contribution in [3.63, 3.8) is 0 Å². The van der Waals surface area contributed by atoms with Crippen molar-refractivity contribution in [1.29, 1.82) is 0 Å². The van der Waals surface area contributed by atoms with E-state index in [0.717, 1.165) is 5.56 Å². The van der Waals surface area contributed by atoms with Crippen molar-refractivity contribution in [1.82, 2.24) is 5.32 Å². The highest BCUT2D eigenvalue weighted by Gasteiger charge is 2.21. The van der Waals surface area contributed by atoms with E-state index in [9.17, 15) is 9.90 Å². The molecule has 4 nitrogen and oxygen atoms in total. The zero-order valence-electron chi connectivity index (χ0n) is 11.3. The Hall–Kier alpha value is -2.31. The molecule has 110 valence electrons. The van der Waals surface area contributed by atoms with E-state index < -0.39 is 0 Å². The molecule has 0 spiro atoms. The summed E-state index contributed by atoms with van der Waals surface area (Å²) in [6.07, 6.45) is 1.76. The fourth-order valence-electron chi connectivity index (χ4n) is 1.92. The summed E-state index contributed by atoms with van der Waals surface area (Å²) in [4.78, 5) is 12.2. The molecule has 2 aromatic rings. The van der Waals surface area contributed by atoms with Crippen LogP contribution in [-0.2, 0) is 4.79 Å². The smallest absolute Gasteiger partial charge is 0.263 e. The standard InChI is InChI=1S/C16H11NO3S2/c18-11-4-2-6-13(9-11)20-12-5-1-3-10(7-12)8-14-15(19)17-16(21)22-14/h1-9,18H,(H,17,19,21)/b14-8-. The lowest BCUT2D eigenvalue weighted by Gasteiger charge is -2.06. The molecule has 1 fully saturated rings. The van der Waals surface area contributed by atoms with Crippen molar-refractivity contribution in [3.8, 4) is 17.2 Å². The highest BCUT2D eigenvalue weighted by atomic mass is 32.2. The topological polar surface area (TPSA) is 58.6 Å². The second-order valence-corrected chi connectivity index (χ2v) is 6.24. The van der Waals surface area contributed by atoms with Gasteiger partial charge in [0.1, 0.15) is 21.6 Å². The maximum Gasteiger partial charge on any atom is 0.263 e. The molecule has 1 saturated heterocycles. The van der Waals surface area contributed by atoms with Crippen molar-refractivity contribution in [3.05, 3.63) is 59.0 Å². The molecule has 3 rings (SSSR count). The minimum atomic E-state index is -0.186. The summed E-state index contributed by atoms with van der Waals surface area (Å²) in [6.45, 7) is 0. The van der Waals surface area contributed by atoms with Crippen molar-refractivity contribution in [2.45, 2.75) is 0 Å². The van der Waals surface area contributed by atoms with Gasteiger partial charge in [-0.15, -0.1) is 0 Å². The lowest BCUT2D eigenvalue weighted by molar-refractivity contribution is -0.115. The fourth-order valence-corrected chi connectivity index (χ4v) is 2.97. The number of phenols is 1. The van der Waals surface area contributed by atoms with Crippen LogP contribution in [0, 0.1) is 0 Å². The fraction of sp³-hybridized carbons (Fsp3) is 0. The lowest BCUT2D eigenvalue weighted by atomic mass is 10.2. The highest BCUT2D eigenvalue weighted by Crippen LogP contribution is 2.29. The van der Waals surface area contributed by atoms with Gasteiger partial charge < -0.3 is 15.2 Å². The van der Waals surface area contributed by atoms with Crippen LogP contribution in [0.5, 0.6) is 17.2 Å². The molecule has 2 N–H and O–H groups in total. The van der Waals surface area contributed by atoms with Gasteiger partial charge in [-0.3, -0.25) is 4.79 Å². The number of thiocarbonyl (C=S) groups is 1. The number of amides is 1. The van der Waals surface area contributed by atoms with Crippen molar-refractivity contribution in [2.75, 3.05) is 0 Å². The summed E-state index contributed by atoms with van der Waals surface area (Å²) in [6, 6.07) is 13.9. The molecule has 1 heterocycles. The largest absolute Gasteiger partial charge is 0.508 e. The van der Waals surface area contributed by atoms with E-state index in [4.69, 9.17) is 17.0 Å². The van der Waals surface area contributed by atoms with E-state index in [1.807, 2.05) is 18.2 Å². The summed E-state index contributed by atoms with van der Waals surface area (Å²) in [5, 5.41) is 12.0. The van der Waals surface area contributed by atoms with Gasteiger partial charge in [0.2, 0.25) is 0 Å². The van der Waals surface area contributed by atoms with Gasteiger partial charge in [-0.2, -0.15) is 0 Å². The zero-order chi connectivity index (χ0) is 15.5. The van der Waals surface area contributed by atoms with Crippen LogP contribution in [0.1, 0.15) is 5.56 Å². The maximum absolute atomic E-state index is 11.7. The van der Waals surface area contributed by atoms with Gasteiger partial charge in [0.25, 0.3) is 5.91 Å². The first kappa shape index (κ1) is 14.6. The number of hydrogen-bond acceptors (Lipinski definition) is 5. The zero-order valence-corrected chi connectivity index (χ0v) is 12.9. The number of carbonyl (C=O) groups is 1. The third kappa shape index (κ3) is 3.47. The monoisotopic (exact) mass is 329 g/mol. The Morgan fingerprint density at radius 3 is 2.55 bits per heavy atom. The number of carbonyl (C=O) groups excluding carboxylic acids is 1. The van der Waals surface area contributed by atoms with Crippen LogP contribution in [0.3, 0.4) is 0 Å². The Morgan fingerprint density at radius 2 is 1.86 bits per heavy atom. The number of hydrogen-bond donors (Lipinski definition) is 2. The van der Waals surface area contributed by atoms with Gasteiger partial charge in [-0.05, 0) is 35.9 Å². The summed E-state index contributed by atoms with van der Waals surface area (Å²) in [5.74, 6) is 1.11. The van der Waals surface area contributed by atoms with E-state index in [1.165, 1.54) is 17.8 Å². The Balaban J connectivity index is 1.82. The van der Waals surface area contributed by atoms with Crippen LogP contribution in [0.2, 0.25) is 0 Å². The van der Waals surface area contributed by atoms with Crippen LogP contribution in [0.25, 0.3) is 6.08 Å². The summed E-state index contributed by atoms with van der Waals surface area (Å²) >= 11 is 6.19. The average molecular weight is 329 g/mol. The van der Waals surface area contributed by atoms with Gasteiger partial charge in [0.05, 0.1) is 4.91 Å². The number of phenolic OH excluding ortho intramolecular Hbond substituents is 1. The molecule has 0 aliphatic carbocycles. The number of aromatic hydroxyl groups is 1. The lowest BCUT2D eigenvalue weighted by Crippen LogP contribution is -2.17. The molecule has 0 saturated carbocycles. The van der Waals surface area contributed by atoms with E-state index >= 15 is 0 Å². The second-order valence-electron chi connectivity index (χ2n) is 4.52. The molecule has 0 unspecified atom stereocenters. The van der Waals surface area contributed by atoms with E-state index in [1.54, 1.807) is 30.3 Å². The molecule has 1 aliphatic rings. The predicted molar refractivity (Wildman–Crippen MR) is 90.9 cm³/mol. The molecule has 22 heavy (non-hydrogen) atoms. The van der Waals surface area contributed by atoms with Crippen molar-refractivity contribution < 1.29 is 14.6 Å². The van der Waals surface area contributed by atoms with Crippen molar-refractivity contribution >= 4 is 40.3 Å². The average Bonchev–Trinajstić information content (AvgIpc) is 2.77. The Kier molecular flexibility index (Phi) is 4.13. The van der Waals surface area contributed by atoms with Crippen LogP contribution in [0.4, 0.5) is 0 Å². The number of benzene rings is 2. The minimum Gasteiger partial charge on any atom is -0.508 e. The van der Waals surface area contributed by atoms with Crippen LogP contribution < -0.4 is 10.1 Å². The molecule has 6 heteroatoms. The third-order valence-corrected chi connectivity index (χ3v) is 4.01. The number of ether oxygens (including phenoxy) is 1. The van der Waals surface area contributed by atoms with Crippen molar-refractivity contribution in [2.24, 2.45) is 0 Å². The molecular weight excluding hydrogens is 318 g/mol.